The van der Waals surface area contributed by atoms with Gasteiger partial charge in [0.1, 0.15) is 0 Å². The van der Waals surface area contributed by atoms with E-state index in [1.807, 2.05) is 30.3 Å². The van der Waals surface area contributed by atoms with Crippen LogP contribution in [0.4, 0.5) is 5.69 Å². The van der Waals surface area contributed by atoms with E-state index in [1.54, 1.807) is 0 Å². The van der Waals surface area contributed by atoms with Crippen LogP contribution in [0.1, 0.15) is 13.8 Å². The van der Waals surface area contributed by atoms with Crippen LogP contribution in [0.5, 0.6) is 0 Å². The van der Waals surface area contributed by atoms with Crippen molar-refractivity contribution in [1.29, 1.82) is 0 Å². The van der Waals surface area contributed by atoms with Crippen LogP contribution in [0.15, 0.2) is 30.3 Å². The number of para-hydroxylation sites is 1. The van der Waals surface area contributed by atoms with Gasteiger partial charge in [0.2, 0.25) is 0 Å². The molecule has 0 bridgehead atoms. The summed E-state index contributed by atoms with van der Waals surface area (Å²) in [5.41, 5.74) is 6.18. The second kappa shape index (κ2) is 12.9. The highest BCUT2D eigenvalue weighted by atomic mass is 16.4. The smallest absolute Gasteiger partial charge is 0.300 e. The first kappa shape index (κ1) is 19.5. The quantitative estimate of drug-likeness (QED) is 0.563. The van der Waals surface area contributed by atoms with Gasteiger partial charge in [0.15, 0.2) is 0 Å². The van der Waals surface area contributed by atoms with Crippen LogP contribution >= 0.6 is 0 Å². The number of hydrogen-bond donors (Lipinski definition) is 3. The van der Waals surface area contributed by atoms with Crippen molar-refractivity contribution >= 4 is 17.6 Å². The average Bonchev–Trinajstić information content (AvgIpc) is 2.03. The van der Waals surface area contributed by atoms with Gasteiger partial charge in [-0.15, -0.1) is 0 Å². The molecule has 1 rings (SSSR count). The van der Waals surface area contributed by atoms with E-state index in [-0.39, 0.29) is 5.48 Å². The summed E-state index contributed by atoms with van der Waals surface area (Å²) in [6, 6.07) is 9.49. The van der Waals surface area contributed by atoms with E-state index in [2.05, 4.69) is 0 Å². The van der Waals surface area contributed by atoms with Crippen LogP contribution in [0.3, 0.4) is 0 Å². The van der Waals surface area contributed by atoms with E-state index in [0.29, 0.717) is 0 Å². The molecule has 0 radical (unpaired) electrons. The molecule has 0 aromatic heterocycles. The molecular formula is C10H17NO5. The molecule has 6 N–H and O–H groups in total. The third kappa shape index (κ3) is 40.6. The van der Waals surface area contributed by atoms with E-state index in [1.165, 1.54) is 0 Å². The summed E-state index contributed by atoms with van der Waals surface area (Å²) in [6.45, 7) is 2.17. The number of carboxylic acids is 2. The van der Waals surface area contributed by atoms with Gasteiger partial charge in [-0.25, -0.2) is 0 Å². The van der Waals surface area contributed by atoms with Crippen molar-refractivity contribution in [1.82, 2.24) is 0 Å². The van der Waals surface area contributed by atoms with Crippen LogP contribution in [0.25, 0.3) is 0 Å². The molecule has 0 spiro atoms. The zero-order valence-corrected chi connectivity index (χ0v) is 9.18. The third-order valence-corrected chi connectivity index (χ3v) is 0.800. The topological polar surface area (TPSA) is 132 Å². The monoisotopic (exact) mass is 231 g/mol. The molecule has 0 saturated carbocycles. The lowest BCUT2D eigenvalue weighted by atomic mass is 10.3. The fourth-order valence-electron chi connectivity index (χ4n) is 0.453. The fourth-order valence-corrected chi connectivity index (χ4v) is 0.453. The maximum Gasteiger partial charge on any atom is 0.300 e. The van der Waals surface area contributed by atoms with Crippen LogP contribution in [-0.4, -0.2) is 27.6 Å². The highest BCUT2D eigenvalue weighted by Gasteiger charge is 1.72. The lowest BCUT2D eigenvalue weighted by Gasteiger charge is -1.83. The molecule has 0 unspecified atom stereocenters. The molecule has 0 fully saturated rings. The Morgan fingerprint density at radius 1 is 1.00 bits per heavy atom. The average molecular weight is 231 g/mol. The SMILES string of the molecule is CC(=O)O.CC(=O)O.Nc1ccccc1.O. The molecule has 0 atom stereocenters. The summed E-state index contributed by atoms with van der Waals surface area (Å²) >= 11 is 0. The molecule has 6 nitrogen and oxygen atoms in total. The van der Waals surface area contributed by atoms with Gasteiger partial charge < -0.3 is 21.4 Å². The van der Waals surface area contributed by atoms with E-state index in [0.717, 1.165) is 19.5 Å². The number of hydrogen-bond acceptors (Lipinski definition) is 3. The highest BCUT2D eigenvalue weighted by molar-refractivity contribution is 5.63. The highest BCUT2D eigenvalue weighted by Crippen LogP contribution is 1.95. The van der Waals surface area contributed by atoms with Crippen LogP contribution in [-0.2, 0) is 9.59 Å². The first-order valence-electron chi connectivity index (χ1n) is 4.05. The minimum atomic E-state index is -0.833. The Kier molecular flexibility index (Phi) is 15.7. The Morgan fingerprint density at radius 3 is 1.38 bits per heavy atom. The molecule has 1 aromatic carbocycles. The number of nitrogens with two attached hydrogens (primary N) is 1. The van der Waals surface area contributed by atoms with Crippen LogP contribution in [0.2, 0.25) is 0 Å². The van der Waals surface area contributed by atoms with E-state index in [9.17, 15) is 0 Å². The predicted octanol–water partition coefficient (Wildman–Crippen LogP) is 0.626. The van der Waals surface area contributed by atoms with Gasteiger partial charge in [-0.3, -0.25) is 9.59 Å². The third-order valence-electron chi connectivity index (χ3n) is 0.800. The Morgan fingerprint density at radius 2 is 1.25 bits per heavy atom. The number of carboxylic acid groups (broad SMARTS) is 2. The molecular weight excluding hydrogens is 214 g/mol. The largest absolute Gasteiger partial charge is 0.481 e. The standard InChI is InChI=1S/C6H7N.2C2H4O2.H2O/c7-6-4-2-1-3-5-6;2*1-2(3)4;/h1-5H,7H2;2*1H3,(H,3,4);1H2. The van der Waals surface area contributed by atoms with Crippen molar-refractivity contribution < 1.29 is 25.3 Å². The summed E-state index contributed by atoms with van der Waals surface area (Å²) in [6.07, 6.45) is 0. The maximum absolute atomic E-state index is 9.00. The molecule has 92 valence electrons. The lowest BCUT2D eigenvalue weighted by molar-refractivity contribution is -0.135. The zero-order valence-electron chi connectivity index (χ0n) is 9.18. The molecule has 6 heteroatoms. The van der Waals surface area contributed by atoms with E-state index < -0.39 is 11.9 Å². The first-order valence-corrected chi connectivity index (χ1v) is 4.05. The van der Waals surface area contributed by atoms with Gasteiger partial charge >= 0.3 is 0 Å². The predicted molar refractivity (Wildman–Crippen MR) is 61.1 cm³/mol. The van der Waals surface area contributed by atoms with Crippen molar-refractivity contribution in [3.63, 3.8) is 0 Å². The number of nitrogen functional groups attached to an aromatic ring is 1. The minimum Gasteiger partial charge on any atom is -0.481 e. The maximum atomic E-state index is 9.00. The van der Waals surface area contributed by atoms with Crippen LogP contribution in [0, 0.1) is 0 Å². The van der Waals surface area contributed by atoms with Gasteiger partial charge in [0.05, 0.1) is 0 Å². The fraction of sp³-hybridized carbons (Fsp3) is 0.200. The summed E-state index contributed by atoms with van der Waals surface area (Å²) in [7, 11) is 0. The van der Waals surface area contributed by atoms with Gasteiger partial charge in [0.25, 0.3) is 11.9 Å². The van der Waals surface area contributed by atoms with E-state index >= 15 is 0 Å². The normalized spacial score (nSPS) is 6.88. The molecule has 0 amide bonds. The zero-order chi connectivity index (χ0) is 12.3. The Bertz CT molecular complexity index is 267. The molecule has 0 aliphatic carbocycles. The number of rotatable bonds is 0. The first-order chi connectivity index (χ1) is 6.86. The van der Waals surface area contributed by atoms with Gasteiger partial charge in [-0.2, -0.15) is 0 Å². The van der Waals surface area contributed by atoms with Crippen molar-refractivity contribution in [3.8, 4) is 0 Å². The summed E-state index contributed by atoms with van der Waals surface area (Å²) < 4.78 is 0. The second-order valence-electron chi connectivity index (χ2n) is 2.45. The summed E-state index contributed by atoms with van der Waals surface area (Å²) in [5.74, 6) is -1.67. The molecule has 16 heavy (non-hydrogen) atoms. The van der Waals surface area contributed by atoms with Gasteiger partial charge in [0, 0.05) is 19.5 Å². The Labute approximate surface area is 93.6 Å². The van der Waals surface area contributed by atoms with E-state index in [4.69, 9.17) is 25.5 Å². The number of anilines is 1. The Balaban J connectivity index is -0.000000166. The molecule has 0 aliphatic heterocycles. The molecule has 0 aliphatic rings. The number of aliphatic carboxylic acids is 2. The van der Waals surface area contributed by atoms with Gasteiger partial charge in [-0.1, -0.05) is 18.2 Å². The number of carbonyl (C=O) groups is 2. The van der Waals surface area contributed by atoms with Crippen molar-refractivity contribution in [3.05, 3.63) is 30.3 Å². The van der Waals surface area contributed by atoms with Gasteiger partial charge in [-0.05, 0) is 12.1 Å². The second-order valence-corrected chi connectivity index (χ2v) is 2.45. The number of benzene rings is 1. The van der Waals surface area contributed by atoms with Crippen molar-refractivity contribution in [2.45, 2.75) is 13.8 Å². The van der Waals surface area contributed by atoms with Crippen molar-refractivity contribution in [2.24, 2.45) is 0 Å². The van der Waals surface area contributed by atoms with Crippen LogP contribution < -0.4 is 5.73 Å². The molecule has 0 heterocycles. The summed E-state index contributed by atoms with van der Waals surface area (Å²) in [4.78, 5) is 18.0. The lowest BCUT2D eigenvalue weighted by Crippen LogP contribution is -1.79. The molecule has 1 aromatic rings. The van der Waals surface area contributed by atoms with Crippen molar-refractivity contribution in [2.75, 3.05) is 5.73 Å². The molecule has 0 saturated heterocycles. The minimum absolute atomic E-state index is 0. The summed E-state index contributed by atoms with van der Waals surface area (Å²) in [5, 5.41) is 14.8. The Hall–Kier alpha value is -2.08.